The fourth-order valence-electron chi connectivity index (χ4n) is 1.45. The lowest BCUT2D eigenvalue weighted by molar-refractivity contribution is 0.0693. The Bertz CT molecular complexity index is 503. The molecule has 0 aliphatic rings. The van der Waals surface area contributed by atoms with E-state index in [1.807, 2.05) is 6.92 Å². The van der Waals surface area contributed by atoms with E-state index in [0.29, 0.717) is 5.39 Å². The Morgan fingerprint density at radius 2 is 2.21 bits per heavy atom. The number of hydrogen-bond acceptors (Lipinski definition) is 3. The number of hydrogen-bond donors (Lipinski definition) is 1. The molecular formula is C10H8N2O2. The number of carboxylic acids is 1. The van der Waals surface area contributed by atoms with Gasteiger partial charge in [-0.1, -0.05) is 0 Å². The van der Waals surface area contributed by atoms with Crippen LogP contribution < -0.4 is 0 Å². The van der Waals surface area contributed by atoms with Crippen LogP contribution in [0.3, 0.4) is 0 Å². The number of carbonyl (C=O) groups is 1. The summed E-state index contributed by atoms with van der Waals surface area (Å²) in [6.07, 6.45) is 4.75. The molecule has 0 atom stereocenters. The molecule has 0 aromatic carbocycles. The fourth-order valence-corrected chi connectivity index (χ4v) is 1.45. The van der Waals surface area contributed by atoms with Gasteiger partial charge in [0, 0.05) is 29.4 Å². The maximum atomic E-state index is 10.9. The second-order valence-electron chi connectivity index (χ2n) is 3.02. The average Bonchev–Trinajstić information content (AvgIpc) is 2.17. The third-order valence-electron chi connectivity index (χ3n) is 2.06. The SMILES string of the molecule is Cc1cncc2ccnc(C(=O)O)c12. The van der Waals surface area contributed by atoms with Crippen molar-refractivity contribution in [1.29, 1.82) is 0 Å². The maximum Gasteiger partial charge on any atom is 0.355 e. The first-order valence-corrected chi connectivity index (χ1v) is 4.13. The quantitative estimate of drug-likeness (QED) is 0.738. The van der Waals surface area contributed by atoms with Gasteiger partial charge in [0.1, 0.15) is 0 Å². The Balaban J connectivity index is 2.91. The lowest BCUT2D eigenvalue weighted by Crippen LogP contribution is -2.02. The number of aromatic nitrogens is 2. The van der Waals surface area contributed by atoms with Crippen LogP contribution in [0.15, 0.2) is 24.7 Å². The van der Waals surface area contributed by atoms with Crippen LogP contribution in [0.5, 0.6) is 0 Å². The molecule has 4 nitrogen and oxygen atoms in total. The number of pyridine rings is 2. The van der Waals surface area contributed by atoms with Crippen molar-refractivity contribution < 1.29 is 9.90 Å². The van der Waals surface area contributed by atoms with Crippen LogP contribution in [-0.4, -0.2) is 21.0 Å². The van der Waals surface area contributed by atoms with Crippen molar-refractivity contribution in [3.05, 3.63) is 35.9 Å². The van der Waals surface area contributed by atoms with Crippen LogP contribution >= 0.6 is 0 Å². The minimum atomic E-state index is -1.01. The lowest BCUT2D eigenvalue weighted by atomic mass is 10.1. The zero-order chi connectivity index (χ0) is 10.1. The number of aryl methyl sites for hydroxylation is 1. The highest BCUT2D eigenvalue weighted by molar-refractivity contribution is 6.02. The average molecular weight is 188 g/mol. The maximum absolute atomic E-state index is 10.9. The summed E-state index contributed by atoms with van der Waals surface area (Å²) in [5.74, 6) is -1.01. The molecule has 0 saturated heterocycles. The molecule has 0 bridgehead atoms. The molecule has 0 spiro atoms. The first kappa shape index (κ1) is 8.62. The van der Waals surface area contributed by atoms with E-state index in [0.717, 1.165) is 10.9 Å². The molecule has 0 aliphatic heterocycles. The van der Waals surface area contributed by atoms with Crippen molar-refractivity contribution in [3.8, 4) is 0 Å². The van der Waals surface area contributed by atoms with Crippen LogP contribution in [0.25, 0.3) is 10.8 Å². The third-order valence-corrected chi connectivity index (χ3v) is 2.06. The highest BCUT2D eigenvalue weighted by Crippen LogP contribution is 2.19. The van der Waals surface area contributed by atoms with Gasteiger partial charge in [-0.3, -0.25) is 4.98 Å². The third kappa shape index (κ3) is 1.21. The molecule has 2 aromatic heterocycles. The van der Waals surface area contributed by atoms with Crippen LogP contribution in [0.4, 0.5) is 0 Å². The van der Waals surface area contributed by atoms with E-state index < -0.39 is 5.97 Å². The number of carboxylic acid groups (broad SMARTS) is 1. The van der Waals surface area contributed by atoms with Crippen molar-refractivity contribution in [1.82, 2.24) is 9.97 Å². The number of nitrogens with zero attached hydrogens (tertiary/aromatic N) is 2. The van der Waals surface area contributed by atoms with Gasteiger partial charge < -0.3 is 5.11 Å². The molecule has 0 amide bonds. The van der Waals surface area contributed by atoms with E-state index >= 15 is 0 Å². The number of rotatable bonds is 1. The molecule has 0 fully saturated rings. The van der Waals surface area contributed by atoms with Crippen molar-refractivity contribution >= 4 is 16.7 Å². The van der Waals surface area contributed by atoms with E-state index in [2.05, 4.69) is 9.97 Å². The summed E-state index contributed by atoms with van der Waals surface area (Å²) in [6.45, 7) is 1.82. The second kappa shape index (κ2) is 3.06. The van der Waals surface area contributed by atoms with E-state index in [-0.39, 0.29) is 5.69 Å². The molecule has 70 valence electrons. The van der Waals surface area contributed by atoms with Crippen LogP contribution in [-0.2, 0) is 0 Å². The van der Waals surface area contributed by atoms with Crippen LogP contribution in [0.1, 0.15) is 16.1 Å². The van der Waals surface area contributed by atoms with Crippen molar-refractivity contribution in [2.75, 3.05) is 0 Å². The minimum absolute atomic E-state index is 0.0856. The predicted molar refractivity (Wildman–Crippen MR) is 51.2 cm³/mol. The van der Waals surface area contributed by atoms with Gasteiger partial charge >= 0.3 is 5.97 Å². The second-order valence-corrected chi connectivity index (χ2v) is 3.02. The minimum Gasteiger partial charge on any atom is -0.476 e. The van der Waals surface area contributed by atoms with Gasteiger partial charge in [0.05, 0.1) is 0 Å². The molecule has 0 saturated carbocycles. The topological polar surface area (TPSA) is 63.1 Å². The van der Waals surface area contributed by atoms with E-state index in [1.54, 1.807) is 18.5 Å². The largest absolute Gasteiger partial charge is 0.476 e. The highest BCUT2D eigenvalue weighted by atomic mass is 16.4. The predicted octanol–water partition coefficient (Wildman–Crippen LogP) is 1.64. The molecule has 0 radical (unpaired) electrons. The Labute approximate surface area is 80.2 Å². The monoisotopic (exact) mass is 188 g/mol. The highest BCUT2D eigenvalue weighted by Gasteiger charge is 2.11. The molecule has 1 N–H and O–H groups in total. The van der Waals surface area contributed by atoms with Crippen molar-refractivity contribution in [3.63, 3.8) is 0 Å². The molecule has 2 aromatic rings. The molecule has 2 heterocycles. The van der Waals surface area contributed by atoms with E-state index in [1.165, 1.54) is 6.20 Å². The number of fused-ring (bicyclic) bond motifs is 1. The zero-order valence-corrected chi connectivity index (χ0v) is 7.56. The van der Waals surface area contributed by atoms with Gasteiger partial charge in [0.2, 0.25) is 0 Å². The first-order chi connectivity index (χ1) is 6.70. The standard InChI is InChI=1S/C10H8N2O2/c1-6-4-11-5-7-2-3-12-9(8(6)7)10(13)14/h2-5H,1H3,(H,13,14). The summed E-state index contributed by atoms with van der Waals surface area (Å²) < 4.78 is 0. The van der Waals surface area contributed by atoms with Crippen molar-refractivity contribution in [2.24, 2.45) is 0 Å². The molecule has 0 aliphatic carbocycles. The lowest BCUT2D eigenvalue weighted by Gasteiger charge is -2.03. The molecule has 4 heteroatoms. The zero-order valence-electron chi connectivity index (χ0n) is 7.56. The summed E-state index contributed by atoms with van der Waals surface area (Å²) >= 11 is 0. The molecule has 0 unspecified atom stereocenters. The van der Waals surface area contributed by atoms with E-state index in [4.69, 9.17) is 5.11 Å². The van der Waals surface area contributed by atoms with Crippen molar-refractivity contribution in [2.45, 2.75) is 6.92 Å². The summed E-state index contributed by atoms with van der Waals surface area (Å²) in [6, 6.07) is 1.75. The summed E-state index contributed by atoms with van der Waals surface area (Å²) in [5.41, 5.74) is 0.912. The van der Waals surface area contributed by atoms with Gasteiger partial charge in [-0.2, -0.15) is 0 Å². The smallest absolute Gasteiger partial charge is 0.355 e. The Morgan fingerprint density at radius 1 is 1.43 bits per heavy atom. The van der Waals surface area contributed by atoms with Gasteiger partial charge in [-0.25, -0.2) is 9.78 Å². The van der Waals surface area contributed by atoms with Gasteiger partial charge in [-0.05, 0) is 18.6 Å². The molecular weight excluding hydrogens is 180 g/mol. The Kier molecular flexibility index (Phi) is 1.89. The molecule has 2 rings (SSSR count). The van der Waals surface area contributed by atoms with Gasteiger partial charge in [0.15, 0.2) is 5.69 Å². The number of aromatic carboxylic acids is 1. The Hall–Kier alpha value is -1.97. The molecule has 14 heavy (non-hydrogen) atoms. The summed E-state index contributed by atoms with van der Waals surface area (Å²) in [4.78, 5) is 18.7. The van der Waals surface area contributed by atoms with Gasteiger partial charge in [0.25, 0.3) is 0 Å². The van der Waals surface area contributed by atoms with Crippen LogP contribution in [0.2, 0.25) is 0 Å². The summed E-state index contributed by atoms with van der Waals surface area (Å²) in [5, 5.41) is 10.4. The summed E-state index contributed by atoms with van der Waals surface area (Å²) in [7, 11) is 0. The normalized spacial score (nSPS) is 10.4. The fraction of sp³-hybridized carbons (Fsp3) is 0.100. The van der Waals surface area contributed by atoms with Crippen LogP contribution in [0, 0.1) is 6.92 Å². The first-order valence-electron chi connectivity index (χ1n) is 4.13. The van der Waals surface area contributed by atoms with Gasteiger partial charge in [-0.15, -0.1) is 0 Å². The Morgan fingerprint density at radius 3 is 2.93 bits per heavy atom. The van der Waals surface area contributed by atoms with E-state index in [9.17, 15) is 4.79 Å².